The standard InChI is InChI=1S/C43H69N5O5/c1-26(2)28(5)38(6)19-20-40(8)29-13-14-32-39(7)22-52-24-43(32,30(29)15-18-41(40,9)33(38)37(50)51)21-31(34(39)53-23-42(44)16-11-10-12-17-42)48-35(45-25-46-48)36(49)47-27(3)4/h15,25-29,31-34H,10-14,16-24,44H2,1-9H3,(H,47,49)(H,50,51)/t28-,29+,31-,32+,33-,34+,38-,39-,40-,41+,43+/m1/s1. The van der Waals surface area contributed by atoms with Crippen molar-refractivity contribution in [3.63, 3.8) is 0 Å². The summed E-state index contributed by atoms with van der Waals surface area (Å²) < 4.78 is 15.8. The summed E-state index contributed by atoms with van der Waals surface area (Å²) in [7, 11) is 0. The van der Waals surface area contributed by atoms with Gasteiger partial charge in [0.15, 0.2) is 0 Å². The van der Waals surface area contributed by atoms with Crippen LogP contribution in [0.5, 0.6) is 0 Å². The lowest BCUT2D eigenvalue weighted by atomic mass is 9.34. The second-order valence-corrected chi connectivity index (χ2v) is 20.4. The monoisotopic (exact) mass is 736 g/mol. The molecule has 0 radical (unpaired) electrons. The van der Waals surface area contributed by atoms with Crippen molar-refractivity contribution < 1.29 is 24.2 Å². The van der Waals surface area contributed by atoms with E-state index in [0.717, 1.165) is 64.2 Å². The minimum absolute atomic E-state index is 0.0419. The number of hydrogen-bond donors (Lipinski definition) is 3. The van der Waals surface area contributed by atoms with Crippen LogP contribution in [0.2, 0.25) is 0 Å². The summed E-state index contributed by atoms with van der Waals surface area (Å²) in [6.07, 6.45) is 14.5. The van der Waals surface area contributed by atoms with Gasteiger partial charge in [-0.3, -0.25) is 9.59 Å². The Hall–Kier alpha value is -2.30. The lowest BCUT2D eigenvalue weighted by Crippen LogP contribution is -2.69. The molecule has 10 heteroatoms. The maximum Gasteiger partial charge on any atom is 0.307 e. The number of fused-ring (bicyclic) bond motifs is 3. The van der Waals surface area contributed by atoms with Crippen molar-refractivity contribution in [3.8, 4) is 0 Å². The lowest BCUT2D eigenvalue weighted by Gasteiger charge is -2.71. The second-order valence-electron chi connectivity index (χ2n) is 20.4. The van der Waals surface area contributed by atoms with Gasteiger partial charge in [-0.1, -0.05) is 79.4 Å². The summed E-state index contributed by atoms with van der Waals surface area (Å²) in [4.78, 5) is 31.8. The maximum atomic E-state index is 13.7. The van der Waals surface area contributed by atoms with E-state index in [-0.39, 0.29) is 57.2 Å². The fraction of sp³-hybridized carbons (Fsp3) is 0.860. The molecule has 5 fully saturated rings. The number of rotatable bonds is 9. The van der Waals surface area contributed by atoms with Gasteiger partial charge in [0.2, 0.25) is 5.82 Å². The smallest absolute Gasteiger partial charge is 0.307 e. The summed E-state index contributed by atoms with van der Waals surface area (Å²) in [5.41, 5.74) is 6.60. The van der Waals surface area contributed by atoms with E-state index in [2.05, 4.69) is 64.8 Å². The second kappa shape index (κ2) is 13.4. The third-order valence-electron chi connectivity index (χ3n) is 17.0. The molecule has 1 amide bonds. The van der Waals surface area contributed by atoms with Crippen molar-refractivity contribution in [1.82, 2.24) is 20.1 Å². The first-order valence-corrected chi connectivity index (χ1v) is 21.0. The Balaban J connectivity index is 1.32. The van der Waals surface area contributed by atoms with Crippen LogP contribution in [0.1, 0.15) is 150 Å². The Morgan fingerprint density at radius 2 is 1.74 bits per heavy atom. The first kappa shape index (κ1) is 39.0. The normalized spacial score (nSPS) is 42.6. The number of amides is 1. The van der Waals surface area contributed by atoms with Gasteiger partial charge in [0.25, 0.3) is 5.91 Å². The molecule has 0 aromatic carbocycles. The number of carbonyl (C=O) groups is 2. The average molecular weight is 736 g/mol. The minimum Gasteiger partial charge on any atom is -0.481 e. The molecule has 53 heavy (non-hydrogen) atoms. The van der Waals surface area contributed by atoms with Crippen LogP contribution in [0.25, 0.3) is 0 Å². The van der Waals surface area contributed by atoms with Crippen molar-refractivity contribution in [2.45, 2.75) is 157 Å². The Bertz CT molecular complexity index is 1600. The quantitative estimate of drug-likeness (QED) is 0.220. The van der Waals surface area contributed by atoms with E-state index in [9.17, 15) is 14.7 Å². The van der Waals surface area contributed by atoms with Crippen LogP contribution in [-0.2, 0) is 14.3 Å². The van der Waals surface area contributed by atoms with Crippen LogP contribution in [0.15, 0.2) is 18.0 Å². The molecule has 11 atom stereocenters. The van der Waals surface area contributed by atoms with Gasteiger partial charge >= 0.3 is 5.97 Å². The van der Waals surface area contributed by atoms with Crippen molar-refractivity contribution in [1.29, 1.82) is 0 Å². The molecule has 4 N–H and O–H groups in total. The molecule has 1 aliphatic heterocycles. The van der Waals surface area contributed by atoms with Crippen molar-refractivity contribution >= 4 is 11.9 Å². The Morgan fingerprint density at radius 1 is 1.02 bits per heavy atom. The van der Waals surface area contributed by atoms with Gasteiger partial charge in [0.1, 0.15) is 6.33 Å². The van der Waals surface area contributed by atoms with Gasteiger partial charge in [-0.05, 0) is 105 Å². The van der Waals surface area contributed by atoms with Crippen LogP contribution >= 0.6 is 0 Å². The Labute approximate surface area is 318 Å². The van der Waals surface area contributed by atoms with E-state index in [1.165, 1.54) is 18.3 Å². The number of nitrogens with one attached hydrogen (secondary N) is 1. The van der Waals surface area contributed by atoms with Crippen molar-refractivity contribution in [2.24, 2.45) is 62.4 Å². The van der Waals surface area contributed by atoms with Crippen molar-refractivity contribution in [2.75, 3.05) is 19.8 Å². The number of nitrogens with zero attached hydrogens (tertiary/aromatic N) is 3. The molecule has 1 saturated heterocycles. The summed E-state index contributed by atoms with van der Waals surface area (Å²) in [5.74, 6) is 0.253. The number of allylic oxidation sites excluding steroid dienone is 1. The SMILES string of the molecule is CC(C)NC(=O)c1ncnn1[C@@H]1C[C@@]23COC[C@](C)([C@@H]2CC[C@H]2C3=CC[C@@]3(C)[C@H](C(=O)O)[C@@](C)([C@H](C)C(C)C)CC[C@]23C)[C@H]1OCC1(N)CCCCC1. The number of carboxylic acid groups (broad SMARTS) is 1. The molecule has 1 aromatic heterocycles. The number of carboxylic acids is 1. The number of hydrogen-bond acceptors (Lipinski definition) is 7. The lowest BCUT2D eigenvalue weighted by molar-refractivity contribution is -0.252. The highest BCUT2D eigenvalue weighted by Gasteiger charge is 2.72. The van der Waals surface area contributed by atoms with Crippen LogP contribution < -0.4 is 11.1 Å². The summed E-state index contributed by atoms with van der Waals surface area (Å²) in [6.45, 7) is 21.7. The first-order valence-electron chi connectivity index (χ1n) is 21.0. The molecule has 2 heterocycles. The number of ether oxygens (including phenoxy) is 2. The molecular weight excluding hydrogens is 667 g/mol. The number of aromatic nitrogens is 3. The molecule has 2 bridgehead atoms. The van der Waals surface area contributed by atoms with Crippen LogP contribution in [0.3, 0.4) is 0 Å². The predicted octanol–water partition coefficient (Wildman–Crippen LogP) is 7.59. The highest BCUT2D eigenvalue weighted by Crippen LogP contribution is 2.75. The highest BCUT2D eigenvalue weighted by atomic mass is 16.5. The average Bonchev–Trinajstić information content (AvgIpc) is 3.58. The topological polar surface area (TPSA) is 142 Å². The van der Waals surface area contributed by atoms with Crippen LogP contribution in [0, 0.1) is 56.7 Å². The fourth-order valence-corrected chi connectivity index (χ4v) is 13.8. The van der Waals surface area contributed by atoms with Gasteiger partial charge in [-0.2, -0.15) is 5.10 Å². The molecule has 4 saturated carbocycles. The van der Waals surface area contributed by atoms with Gasteiger partial charge in [0.05, 0.1) is 37.9 Å². The zero-order valence-electron chi connectivity index (χ0n) is 34.2. The van der Waals surface area contributed by atoms with E-state index >= 15 is 0 Å². The molecule has 0 unspecified atom stereocenters. The minimum atomic E-state index is -0.641. The molecule has 5 aliphatic carbocycles. The van der Waals surface area contributed by atoms with Crippen LogP contribution in [0.4, 0.5) is 0 Å². The van der Waals surface area contributed by atoms with E-state index in [4.69, 9.17) is 20.3 Å². The van der Waals surface area contributed by atoms with E-state index < -0.39 is 17.3 Å². The number of carbonyl (C=O) groups excluding carboxylic acids is 1. The number of nitrogens with two attached hydrogens (primary N) is 1. The van der Waals surface area contributed by atoms with Crippen molar-refractivity contribution in [3.05, 3.63) is 23.8 Å². The molecule has 10 nitrogen and oxygen atoms in total. The molecular formula is C43H69N5O5. The summed E-state index contributed by atoms with van der Waals surface area (Å²) in [5, 5.41) is 19.0. The molecule has 296 valence electrons. The zero-order chi connectivity index (χ0) is 38.4. The summed E-state index contributed by atoms with van der Waals surface area (Å²) in [6, 6.07) is -0.295. The van der Waals surface area contributed by atoms with Gasteiger partial charge < -0.3 is 25.6 Å². The molecule has 7 rings (SSSR count). The molecule has 1 aromatic rings. The zero-order valence-corrected chi connectivity index (χ0v) is 34.2. The maximum absolute atomic E-state index is 13.7. The highest BCUT2D eigenvalue weighted by molar-refractivity contribution is 5.90. The van der Waals surface area contributed by atoms with E-state index in [0.29, 0.717) is 43.4 Å². The predicted molar refractivity (Wildman–Crippen MR) is 205 cm³/mol. The summed E-state index contributed by atoms with van der Waals surface area (Å²) >= 11 is 0. The van der Waals surface area contributed by atoms with E-state index in [1.54, 1.807) is 0 Å². The molecule has 0 spiro atoms. The van der Waals surface area contributed by atoms with Gasteiger partial charge in [-0.25, -0.2) is 9.67 Å². The molecule has 6 aliphatic rings. The third kappa shape index (κ3) is 5.79. The largest absolute Gasteiger partial charge is 0.481 e. The first-order chi connectivity index (χ1) is 24.9. The van der Waals surface area contributed by atoms with Crippen LogP contribution in [-0.4, -0.2) is 69.3 Å². The Morgan fingerprint density at radius 3 is 2.40 bits per heavy atom. The Kier molecular flexibility index (Phi) is 9.87. The van der Waals surface area contributed by atoms with E-state index in [1.807, 2.05) is 18.5 Å². The number of aliphatic carboxylic acids is 1. The third-order valence-corrected chi connectivity index (χ3v) is 17.0. The fourth-order valence-electron chi connectivity index (χ4n) is 13.8. The van der Waals surface area contributed by atoms with Gasteiger partial charge in [-0.15, -0.1) is 0 Å². The van der Waals surface area contributed by atoms with Gasteiger partial charge in [0, 0.05) is 22.4 Å².